The van der Waals surface area contributed by atoms with Crippen LogP contribution in [-0.2, 0) is 0 Å². The summed E-state index contributed by atoms with van der Waals surface area (Å²) in [6.07, 6.45) is 0. The van der Waals surface area contributed by atoms with E-state index in [1.807, 2.05) is 36.4 Å². The molecule has 0 aliphatic heterocycles. The maximum absolute atomic E-state index is 11.5. The fourth-order valence-electron chi connectivity index (χ4n) is 2.91. The molecule has 2 heterocycles. The molecule has 2 aromatic heterocycles. The normalized spacial score (nSPS) is 11.0. The molecule has 2 N–H and O–H groups in total. The first kappa shape index (κ1) is 14.1. The fourth-order valence-corrected chi connectivity index (χ4v) is 2.91. The van der Waals surface area contributed by atoms with Crippen molar-refractivity contribution < 1.29 is 9.90 Å². The lowest BCUT2D eigenvalue weighted by Gasteiger charge is -2.10. The molecular formula is C19H12N2O3. The first-order valence-corrected chi connectivity index (χ1v) is 7.39. The van der Waals surface area contributed by atoms with Crippen LogP contribution in [0.25, 0.3) is 32.9 Å². The van der Waals surface area contributed by atoms with Gasteiger partial charge in [0.15, 0.2) is 0 Å². The van der Waals surface area contributed by atoms with E-state index in [0.29, 0.717) is 5.52 Å². The smallest absolute Gasteiger partial charge is 0.354 e. The molecule has 0 bridgehead atoms. The Morgan fingerprint density at radius 3 is 2.54 bits per heavy atom. The van der Waals surface area contributed by atoms with Gasteiger partial charge in [0.1, 0.15) is 5.69 Å². The zero-order chi connectivity index (χ0) is 16.7. The van der Waals surface area contributed by atoms with E-state index in [1.165, 1.54) is 12.1 Å². The maximum atomic E-state index is 11.5. The molecule has 24 heavy (non-hydrogen) atoms. The minimum Gasteiger partial charge on any atom is -0.477 e. The van der Waals surface area contributed by atoms with Crippen molar-refractivity contribution >= 4 is 27.8 Å². The van der Waals surface area contributed by atoms with Gasteiger partial charge in [-0.05, 0) is 23.8 Å². The van der Waals surface area contributed by atoms with Crippen molar-refractivity contribution in [2.24, 2.45) is 0 Å². The molecule has 0 amide bonds. The summed E-state index contributed by atoms with van der Waals surface area (Å²) in [6, 6.07) is 17.8. The topological polar surface area (TPSA) is 83.0 Å². The number of pyridine rings is 2. The molecule has 116 valence electrons. The number of rotatable bonds is 2. The molecule has 4 aromatic rings. The molecule has 0 spiro atoms. The second-order valence-electron chi connectivity index (χ2n) is 5.47. The Morgan fingerprint density at radius 1 is 0.917 bits per heavy atom. The fraction of sp³-hybridized carbons (Fsp3) is 0. The molecular weight excluding hydrogens is 304 g/mol. The van der Waals surface area contributed by atoms with E-state index in [1.54, 1.807) is 12.1 Å². The van der Waals surface area contributed by atoms with Crippen LogP contribution in [0.2, 0.25) is 0 Å². The van der Waals surface area contributed by atoms with Crippen LogP contribution in [0.3, 0.4) is 0 Å². The third kappa shape index (κ3) is 2.23. The Morgan fingerprint density at radius 2 is 1.71 bits per heavy atom. The highest BCUT2D eigenvalue weighted by atomic mass is 16.4. The van der Waals surface area contributed by atoms with E-state index in [4.69, 9.17) is 0 Å². The third-order valence-corrected chi connectivity index (χ3v) is 3.99. The van der Waals surface area contributed by atoms with Gasteiger partial charge in [-0.2, -0.15) is 0 Å². The summed E-state index contributed by atoms with van der Waals surface area (Å²) in [5, 5.41) is 10.9. The van der Waals surface area contributed by atoms with Gasteiger partial charge in [0, 0.05) is 27.9 Å². The van der Waals surface area contributed by atoms with Crippen molar-refractivity contribution in [3.05, 3.63) is 76.7 Å². The molecule has 4 rings (SSSR count). The van der Waals surface area contributed by atoms with E-state index in [9.17, 15) is 14.7 Å². The predicted molar refractivity (Wildman–Crippen MR) is 92.3 cm³/mol. The van der Waals surface area contributed by atoms with Crippen LogP contribution >= 0.6 is 0 Å². The van der Waals surface area contributed by atoms with Crippen molar-refractivity contribution in [3.63, 3.8) is 0 Å². The number of carbonyl (C=O) groups is 1. The van der Waals surface area contributed by atoms with Crippen LogP contribution < -0.4 is 5.56 Å². The number of benzene rings is 2. The largest absolute Gasteiger partial charge is 0.477 e. The predicted octanol–water partition coefficient (Wildman–Crippen LogP) is 3.44. The van der Waals surface area contributed by atoms with Crippen molar-refractivity contribution in [1.29, 1.82) is 0 Å². The molecule has 2 aromatic carbocycles. The lowest BCUT2D eigenvalue weighted by atomic mass is 9.98. The minimum atomic E-state index is -1.06. The lowest BCUT2D eigenvalue weighted by molar-refractivity contribution is 0.0691. The molecule has 0 aliphatic carbocycles. The van der Waals surface area contributed by atoms with Crippen LogP contribution in [0, 0.1) is 0 Å². The minimum absolute atomic E-state index is 0.00333. The van der Waals surface area contributed by atoms with Crippen molar-refractivity contribution in [2.75, 3.05) is 0 Å². The number of H-pyrrole nitrogens is 1. The Hall–Kier alpha value is -3.47. The molecule has 0 atom stereocenters. The molecule has 0 saturated carbocycles. The van der Waals surface area contributed by atoms with Gasteiger partial charge in [0.25, 0.3) is 0 Å². The number of aromatic carboxylic acids is 1. The summed E-state index contributed by atoms with van der Waals surface area (Å²) in [5.41, 5.74) is 2.91. The number of carboxylic acid groups (broad SMARTS) is 1. The highest BCUT2D eigenvalue weighted by Crippen LogP contribution is 2.32. The summed E-state index contributed by atoms with van der Waals surface area (Å²) < 4.78 is 0. The molecule has 0 radical (unpaired) electrons. The molecule has 5 heteroatoms. The van der Waals surface area contributed by atoms with Gasteiger partial charge in [-0.25, -0.2) is 9.78 Å². The molecule has 0 fully saturated rings. The summed E-state index contributed by atoms with van der Waals surface area (Å²) in [7, 11) is 0. The second kappa shape index (κ2) is 5.31. The number of nitrogens with one attached hydrogen (secondary N) is 1. The van der Waals surface area contributed by atoms with E-state index in [-0.39, 0.29) is 11.3 Å². The quantitative estimate of drug-likeness (QED) is 0.593. The van der Waals surface area contributed by atoms with Gasteiger partial charge in [0.2, 0.25) is 5.56 Å². The summed E-state index contributed by atoms with van der Waals surface area (Å²) in [4.78, 5) is 29.9. The molecule has 5 nitrogen and oxygen atoms in total. The van der Waals surface area contributed by atoms with Gasteiger partial charge >= 0.3 is 5.97 Å². The molecule has 0 aliphatic rings. The second-order valence-corrected chi connectivity index (χ2v) is 5.47. The van der Waals surface area contributed by atoms with Crippen LogP contribution in [0.15, 0.2) is 65.5 Å². The number of aromatic nitrogens is 2. The van der Waals surface area contributed by atoms with Crippen LogP contribution in [0.4, 0.5) is 0 Å². The maximum Gasteiger partial charge on any atom is 0.354 e. The third-order valence-electron chi connectivity index (χ3n) is 3.99. The van der Waals surface area contributed by atoms with Gasteiger partial charge in [-0.3, -0.25) is 4.79 Å². The Bertz CT molecular complexity index is 1160. The Kier molecular flexibility index (Phi) is 3.13. The first-order chi connectivity index (χ1) is 11.6. The zero-order valence-electron chi connectivity index (χ0n) is 12.5. The first-order valence-electron chi connectivity index (χ1n) is 7.39. The Labute approximate surface area is 136 Å². The monoisotopic (exact) mass is 316 g/mol. The number of hydrogen-bond donors (Lipinski definition) is 2. The van der Waals surface area contributed by atoms with Crippen LogP contribution in [0.1, 0.15) is 10.5 Å². The van der Waals surface area contributed by atoms with E-state index < -0.39 is 5.97 Å². The average molecular weight is 316 g/mol. The van der Waals surface area contributed by atoms with E-state index in [0.717, 1.165) is 27.4 Å². The lowest BCUT2D eigenvalue weighted by Crippen LogP contribution is -2.03. The zero-order valence-corrected chi connectivity index (χ0v) is 12.5. The highest BCUT2D eigenvalue weighted by Gasteiger charge is 2.12. The summed E-state index contributed by atoms with van der Waals surface area (Å²) >= 11 is 0. The van der Waals surface area contributed by atoms with Gasteiger partial charge in [-0.1, -0.05) is 36.4 Å². The Balaban J connectivity index is 2.08. The number of hydrogen-bond acceptors (Lipinski definition) is 3. The number of para-hydroxylation sites is 1. The van der Waals surface area contributed by atoms with Crippen LogP contribution in [0.5, 0.6) is 0 Å². The number of carboxylic acids is 1. The van der Waals surface area contributed by atoms with Crippen molar-refractivity contribution in [2.45, 2.75) is 0 Å². The number of aromatic amines is 1. The van der Waals surface area contributed by atoms with E-state index >= 15 is 0 Å². The van der Waals surface area contributed by atoms with Gasteiger partial charge < -0.3 is 10.1 Å². The number of fused-ring (bicyclic) bond motifs is 2. The van der Waals surface area contributed by atoms with Crippen molar-refractivity contribution in [1.82, 2.24) is 9.97 Å². The average Bonchev–Trinajstić information content (AvgIpc) is 2.60. The summed E-state index contributed by atoms with van der Waals surface area (Å²) in [6.45, 7) is 0. The van der Waals surface area contributed by atoms with Crippen molar-refractivity contribution in [3.8, 4) is 11.1 Å². The SMILES string of the molecule is O=C(O)c1ccc2cccc(-c3cccc4[nH]c(=O)ccc34)c2n1. The highest BCUT2D eigenvalue weighted by molar-refractivity contribution is 6.03. The van der Waals surface area contributed by atoms with Gasteiger partial charge in [-0.15, -0.1) is 0 Å². The van der Waals surface area contributed by atoms with Gasteiger partial charge in [0.05, 0.1) is 5.52 Å². The van der Waals surface area contributed by atoms with Crippen LogP contribution in [-0.4, -0.2) is 21.0 Å². The summed E-state index contributed by atoms with van der Waals surface area (Å²) in [5.74, 6) is -1.06. The molecule has 0 unspecified atom stereocenters. The van der Waals surface area contributed by atoms with E-state index in [2.05, 4.69) is 9.97 Å². The number of nitrogens with zero attached hydrogens (tertiary/aromatic N) is 1. The standard InChI is InChI=1S/C19H12N2O3/c22-17-10-8-13-12(4-2-6-15(13)20-17)14-5-1-3-11-7-9-16(19(23)24)21-18(11)14/h1-10H,(H,20,22)(H,23,24). The molecule has 0 saturated heterocycles.